The Hall–Kier alpha value is -1.32. The largest absolute Gasteiger partial charge is 0.458 e. The van der Waals surface area contributed by atoms with Crippen molar-refractivity contribution < 1.29 is 14.3 Å². The van der Waals surface area contributed by atoms with Crippen LogP contribution in [0.3, 0.4) is 0 Å². The van der Waals surface area contributed by atoms with Crippen LogP contribution in [0.1, 0.15) is 37.2 Å². The predicted octanol–water partition coefficient (Wildman–Crippen LogP) is 3.59. The third-order valence-electron chi connectivity index (χ3n) is 2.97. The Kier molecular flexibility index (Phi) is 4.39. The molecule has 2 aromatic rings. The molecular formula is C15H20O3. The number of para-hydroxylation sites is 1. The Morgan fingerprint density at radius 1 is 1.33 bits per heavy atom. The SMILES string of the molecule is CCCOCCC(O)c1cc2cccc(C)c2o1. The van der Waals surface area contributed by atoms with Crippen molar-refractivity contribution in [3.63, 3.8) is 0 Å². The summed E-state index contributed by atoms with van der Waals surface area (Å²) in [6.07, 6.45) is 0.979. The van der Waals surface area contributed by atoms with Crippen molar-refractivity contribution in [2.24, 2.45) is 0 Å². The van der Waals surface area contributed by atoms with Crippen molar-refractivity contribution in [2.45, 2.75) is 32.8 Å². The first-order chi connectivity index (χ1) is 8.72. The molecule has 0 fully saturated rings. The molecule has 1 unspecified atom stereocenters. The Bertz CT molecular complexity index is 501. The first-order valence-corrected chi connectivity index (χ1v) is 6.47. The van der Waals surface area contributed by atoms with Crippen LogP contribution in [0.25, 0.3) is 11.0 Å². The number of aliphatic hydroxyl groups excluding tert-OH is 1. The maximum absolute atomic E-state index is 10.0. The van der Waals surface area contributed by atoms with Gasteiger partial charge in [-0.25, -0.2) is 0 Å². The number of ether oxygens (including phenoxy) is 1. The molecule has 1 heterocycles. The average molecular weight is 248 g/mol. The summed E-state index contributed by atoms with van der Waals surface area (Å²) in [5.74, 6) is 0.624. The van der Waals surface area contributed by atoms with Crippen molar-refractivity contribution in [3.8, 4) is 0 Å². The van der Waals surface area contributed by atoms with Crippen molar-refractivity contribution in [2.75, 3.05) is 13.2 Å². The second-order valence-electron chi connectivity index (χ2n) is 4.56. The standard InChI is InChI=1S/C15H20O3/c1-3-8-17-9-7-13(16)14-10-12-6-4-5-11(2)15(12)18-14/h4-6,10,13,16H,3,7-9H2,1-2H3. The average Bonchev–Trinajstić information content (AvgIpc) is 2.80. The minimum absolute atomic E-state index is 0.561. The number of hydrogen-bond donors (Lipinski definition) is 1. The zero-order chi connectivity index (χ0) is 13.0. The van der Waals surface area contributed by atoms with Gasteiger partial charge in [0.25, 0.3) is 0 Å². The lowest BCUT2D eigenvalue weighted by Crippen LogP contribution is -2.03. The highest BCUT2D eigenvalue weighted by atomic mass is 16.5. The zero-order valence-electron chi connectivity index (χ0n) is 11.0. The second kappa shape index (κ2) is 6.03. The lowest BCUT2D eigenvalue weighted by molar-refractivity contribution is 0.0727. The maximum Gasteiger partial charge on any atom is 0.137 e. The van der Waals surface area contributed by atoms with Gasteiger partial charge >= 0.3 is 0 Å². The second-order valence-corrected chi connectivity index (χ2v) is 4.56. The molecule has 1 aromatic heterocycles. The van der Waals surface area contributed by atoms with Gasteiger partial charge in [-0.15, -0.1) is 0 Å². The van der Waals surface area contributed by atoms with Crippen LogP contribution in [0.5, 0.6) is 0 Å². The lowest BCUT2D eigenvalue weighted by Gasteiger charge is -2.07. The summed E-state index contributed by atoms with van der Waals surface area (Å²) in [6.45, 7) is 5.38. The summed E-state index contributed by atoms with van der Waals surface area (Å²) in [7, 11) is 0. The fraction of sp³-hybridized carbons (Fsp3) is 0.467. The molecule has 2 rings (SSSR count). The van der Waals surface area contributed by atoms with E-state index < -0.39 is 6.10 Å². The molecule has 0 aliphatic carbocycles. The normalized spacial score (nSPS) is 13.1. The maximum atomic E-state index is 10.0. The third kappa shape index (κ3) is 2.92. The van der Waals surface area contributed by atoms with Crippen LogP contribution < -0.4 is 0 Å². The Morgan fingerprint density at radius 2 is 2.17 bits per heavy atom. The Labute approximate surface area is 107 Å². The summed E-state index contributed by atoms with van der Waals surface area (Å²) < 4.78 is 11.1. The number of rotatable bonds is 6. The lowest BCUT2D eigenvalue weighted by atomic mass is 10.1. The van der Waals surface area contributed by atoms with Gasteiger partial charge in [-0.3, -0.25) is 0 Å². The Morgan fingerprint density at radius 3 is 2.89 bits per heavy atom. The molecule has 0 aliphatic rings. The van der Waals surface area contributed by atoms with Gasteiger partial charge in [0.05, 0.1) is 0 Å². The first kappa shape index (κ1) is 13.1. The van der Waals surface area contributed by atoms with E-state index in [0.29, 0.717) is 18.8 Å². The Balaban J connectivity index is 2.04. The van der Waals surface area contributed by atoms with Gasteiger partial charge in [0, 0.05) is 25.0 Å². The molecule has 1 N–H and O–H groups in total. The summed E-state index contributed by atoms with van der Waals surface area (Å²) in [4.78, 5) is 0. The van der Waals surface area contributed by atoms with Crippen molar-refractivity contribution in [1.82, 2.24) is 0 Å². The van der Waals surface area contributed by atoms with E-state index in [1.54, 1.807) is 0 Å². The van der Waals surface area contributed by atoms with Crippen LogP contribution in [0.15, 0.2) is 28.7 Å². The summed E-state index contributed by atoms with van der Waals surface area (Å²) in [6, 6.07) is 7.91. The molecule has 0 aliphatic heterocycles. The molecule has 0 saturated heterocycles. The third-order valence-corrected chi connectivity index (χ3v) is 2.97. The fourth-order valence-corrected chi connectivity index (χ4v) is 1.98. The van der Waals surface area contributed by atoms with Gasteiger partial charge in [-0.05, 0) is 25.0 Å². The molecule has 3 nitrogen and oxygen atoms in total. The number of hydrogen-bond acceptors (Lipinski definition) is 3. The van der Waals surface area contributed by atoms with Crippen LogP contribution in [0, 0.1) is 6.92 Å². The van der Waals surface area contributed by atoms with Crippen LogP contribution in [-0.4, -0.2) is 18.3 Å². The number of aryl methyl sites for hydroxylation is 1. The monoisotopic (exact) mass is 248 g/mol. The van der Waals surface area contributed by atoms with Gasteiger partial charge in [0.1, 0.15) is 17.4 Å². The fourth-order valence-electron chi connectivity index (χ4n) is 1.98. The topological polar surface area (TPSA) is 42.6 Å². The number of fused-ring (bicyclic) bond motifs is 1. The molecule has 0 spiro atoms. The van der Waals surface area contributed by atoms with E-state index in [4.69, 9.17) is 9.15 Å². The highest BCUT2D eigenvalue weighted by Crippen LogP contribution is 2.27. The molecule has 18 heavy (non-hydrogen) atoms. The predicted molar refractivity (Wildman–Crippen MR) is 71.6 cm³/mol. The van der Waals surface area contributed by atoms with Gasteiger partial charge < -0.3 is 14.3 Å². The molecule has 0 saturated carbocycles. The van der Waals surface area contributed by atoms with Crippen molar-refractivity contribution in [1.29, 1.82) is 0 Å². The summed E-state index contributed by atoms with van der Waals surface area (Å²) >= 11 is 0. The quantitative estimate of drug-likeness (QED) is 0.794. The van der Waals surface area contributed by atoms with Gasteiger partial charge in [0.15, 0.2) is 0 Å². The van der Waals surface area contributed by atoms with Gasteiger partial charge in [0.2, 0.25) is 0 Å². The minimum atomic E-state index is -0.589. The van der Waals surface area contributed by atoms with Gasteiger partial charge in [-0.1, -0.05) is 25.1 Å². The van der Waals surface area contributed by atoms with Crippen LogP contribution in [-0.2, 0) is 4.74 Å². The molecule has 0 amide bonds. The highest BCUT2D eigenvalue weighted by molar-refractivity contribution is 5.80. The van der Waals surface area contributed by atoms with E-state index in [2.05, 4.69) is 6.92 Å². The molecule has 0 radical (unpaired) electrons. The molecule has 1 atom stereocenters. The molecule has 3 heteroatoms. The van der Waals surface area contributed by atoms with Crippen LogP contribution in [0.2, 0.25) is 0 Å². The van der Waals surface area contributed by atoms with Crippen LogP contribution >= 0.6 is 0 Å². The van der Waals surface area contributed by atoms with E-state index >= 15 is 0 Å². The smallest absolute Gasteiger partial charge is 0.137 e. The molecule has 0 bridgehead atoms. The van der Waals surface area contributed by atoms with E-state index in [9.17, 15) is 5.11 Å². The first-order valence-electron chi connectivity index (χ1n) is 6.47. The van der Waals surface area contributed by atoms with E-state index in [1.807, 2.05) is 31.2 Å². The minimum Gasteiger partial charge on any atom is -0.458 e. The highest BCUT2D eigenvalue weighted by Gasteiger charge is 2.13. The summed E-state index contributed by atoms with van der Waals surface area (Å²) in [5.41, 5.74) is 1.95. The van der Waals surface area contributed by atoms with Crippen LogP contribution in [0.4, 0.5) is 0 Å². The molecular weight excluding hydrogens is 228 g/mol. The van der Waals surface area contributed by atoms with Crippen molar-refractivity contribution in [3.05, 3.63) is 35.6 Å². The van der Waals surface area contributed by atoms with E-state index in [1.165, 1.54) is 0 Å². The van der Waals surface area contributed by atoms with E-state index in [0.717, 1.165) is 29.6 Å². The number of furan rings is 1. The van der Waals surface area contributed by atoms with E-state index in [-0.39, 0.29) is 0 Å². The van der Waals surface area contributed by atoms with Gasteiger partial charge in [-0.2, -0.15) is 0 Å². The summed E-state index contributed by atoms with van der Waals surface area (Å²) in [5, 5.41) is 11.1. The molecule has 98 valence electrons. The van der Waals surface area contributed by atoms with Crippen molar-refractivity contribution >= 4 is 11.0 Å². The molecule has 1 aromatic carbocycles. The zero-order valence-corrected chi connectivity index (χ0v) is 11.0. The number of aliphatic hydroxyl groups is 1. The number of benzene rings is 1.